The van der Waals surface area contributed by atoms with Crippen LogP contribution >= 0.6 is 0 Å². The summed E-state index contributed by atoms with van der Waals surface area (Å²) in [6.45, 7) is 6.30. The molecule has 0 spiro atoms. The molecule has 0 N–H and O–H groups in total. The van der Waals surface area contributed by atoms with Gasteiger partial charge in [0.05, 0.1) is 18.6 Å². The van der Waals surface area contributed by atoms with Crippen LogP contribution in [-0.4, -0.2) is 61.6 Å². The number of hydrogen-bond acceptors (Lipinski definition) is 3. The molecule has 2 unspecified atom stereocenters. The van der Waals surface area contributed by atoms with Gasteiger partial charge in [0.2, 0.25) is 5.91 Å². The van der Waals surface area contributed by atoms with E-state index in [1.165, 1.54) is 0 Å². The summed E-state index contributed by atoms with van der Waals surface area (Å²) in [6, 6.07) is 0. The quantitative estimate of drug-likeness (QED) is 0.655. The van der Waals surface area contributed by atoms with E-state index in [0.29, 0.717) is 12.5 Å². The van der Waals surface area contributed by atoms with Crippen LogP contribution in [0.2, 0.25) is 0 Å². The predicted octanol–water partition coefficient (Wildman–Crippen LogP) is 0.575. The van der Waals surface area contributed by atoms with Crippen molar-refractivity contribution in [2.75, 3.05) is 39.8 Å². The number of morpholine rings is 1. The van der Waals surface area contributed by atoms with Crippen LogP contribution in [0, 0.1) is 5.92 Å². The van der Waals surface area contributed by atoms with E-state index in [-0.39, 0.29) is 12.0 Å². The number of carbonyl (C=O) groups excluding carboxylic acids is 1. The highest BCUT2D eigenvalue weighted by Crippen LogP contribution is 2.19. The summed E-state index contributed by atoms with van der Waals surface area (Å²) < 4.78 is 5.46. The second-order valence-electron chi connectivity index (χ2n) is 5.07. The lowest BCUT2D eigenvalue weighted by atomic mass is 9.96. The van der Waals surface area contributed by atoms with Crippen molar-refractivity contribution in [3.63, 3.8) is 0 Å². The predicted molar refractivity (Wildman–Crippen MR) is 62.2 cm³/mol. The highest BCUT2D eigenvalue weighted by Gasteiger charge is 2.30. The first-order valence-corrected chi connectivity index (χ1v) is 6.26. The van der Waals surface area contributed by atoms with E-state index < -0.39 is 0 Å². The van der Waals surface area contributed by atoms with Gasteiger partial charge in [-0.2, -0.15) is 0 Å². The van der Waals surface area contributed by atoms with E-state index >= 15 is 0 Å². The number of carbonyl (C=O) groups is 1. The zero-order chi connectivity index (χ0) is 11.5. The number of piperidine rings is 1. The highest BCUT2D eigenvalue weighted by molar-refractivity contribution is 5.79. The lowest BCUT2D eigenvalue weighted by Crippen LogP contribution is -2.49. The van der Waals surface area contributed by atoms with Gasteiger partial charge in [-0.3, -0.25) is 4.79 Å². The van der Waals surface area contributed by atoms with Gasteiger partial charge in [-0.05, 0) is 33.4 Å². The maximum Gasteiger partial charge on any atom is 0.227 e. The van der Waals surface area contributed by atoms with Crippen LogP contribution in [0.1, 0.15) is 19.8 Å². The smallest absolute Gasteiger partial charge is 0.227 e. The van der Waals surface area contributed by atoms with Gasteiger partial charge in [-0.1, -0.05) is 0 Å². The molecule has 2 aliphatic heterocycles. The van der Waals surface area contributed by atoms with Crippen molar-refractivity contribution >= 4 is 5.91 Å². The molecular weight excluding hydrogens is 204 g/mol. The summed E-state index contributed by atoms with van der Waals surface area (Å²) in [7, 11) is 2.10. The lowest BCUT2D eigenvalue weighted by molar-refractivity contribution is -0.144. The third kappa shape index (κ3) is 2.74. The molecule has 2 saturated heterocycles. The van der Waals surface area contributed by atoms with Crippen LogP contribution in [0.3, 0.4) is 0 Å². The summed E-state index contributed by atoms with van der Waals surface area (Å²) in [6.07, 6.45) is 2.39. The van der Waals surface area contributed by atoms with Gasteiger partial charge in [-0.25, -0.2) is 0 Å². The third-order valence-corrected chi connectivity index (χ3v) is 3.53. The summed E-state index contributed by atoms with van der Waals surface area (Å²) in [5.41, 5.74) is 0. The molecule has 1 amide bonds. The molecule has 2 aliphatic rings. The van der Waals surface area contributed by atoms with E-state index in [9.17, 15) is 4.79 Å². The molecule has 92 valence electrons. The summed E-state index contributed by atoms with van der Waals surface area (Å²) in [5.74, 6) is 0.547. The normalized spacial score (nSPS) is 32.8. The van der Waals surface area contributed by atoms with Crippen molar-refractivity contribution in [3.8, 4) is 0 Å². The number of likely N-dealkylation sites (tertiary alicyclic amines) is 1. The van der Waals surface area contributed by atoms with Crippen molar-refractivity contribution in [3.05, 3.63) is 0 Å². The molecule has 0 aromatic rings. The first-order chi connectivity index (χ1) is 7.66. The minimum absolute atomic E-state index is 0.194. The minimum atomic E-state index is 0.194. The Morgan fingerprint density at radius 2 is 2.12 bits per heavy atom. The van der Waals surface area contributed by atoms with Crippen molar-refractivity contribution in [1.82, 2.24) is 9.80 Å². The molecule has 0 saturated carbocycles. The standard InChI is InChI=1S/C12H22N2O2/c1-10-8-14(6-7-16-10)12(15)11-4-3-5-13(2)9-11/h10-11H,3-9H2,1-2H3. The van der Waals surface area contributed by atoms with Crippen LogP contribution in [0.25, 0.3) is 0 Å². The maximum atomic E-state index is 12.3. The fraction of sp³-hybridized carbons (Fsp3) is 0.917. The molecule has 2 fully saturated rings. The maximum absolute atomic E-state index is 12.3. The Kier molecular flexibility index (Phi) is 3.82. The third-order valence-electron chi connectivity index (χ3n) is 3.53. The van der Waals surface area contributed by atoms with Crippen molar-refractivity contribution in [2.45, 2.75) is 25.9 Å². The molecule has 2 atom stereocenters. The number of amides is 1. The summed E-state index contributed by atoms with van der Waals surface area (Å²) >= 11 is 0. The first-order valence-electron chi connectivity index (χ1n) is 6.26. The molecule has 0 radical (unpaired) electrons. The monoisotopic (exact) mass is 226 g/mol. The molecule has 0 bridgehead atoms. The van der Waals surface area contributed by atoms with Crippen LogP contribution in [0.15, 0.2) is 0 Å². The molecule has 16 heavy (non-hydrogen) atoms. The highest BCUT2D eigenvalue weighted by atomic mass is 16.5. The fourth-order valence-electron chi connectivity index (χ4n) is 2.64. The lowest BCUT2D eigenvalue weighted by Gasteiger charge is -2.36. The Labute approximate surface area is 97.5 Å². The van der Waals surface area contributed by atoms with Crippen LogP contribution in [0.4, 0.5) is 0 Å². The Bertz CT molecular complexity index is 233. The van der Waals surface area contributed by atoms with Crippen molar-refractivity contribution < 1.29 is 9.53 Å². The van der Waals surface area contributed by atoms with Crippen LogP contribution < -0.4 is 0 Å². The second kappa shape index (κ2) is 5.15. The molecular formula is C12H22N2O2. The molecule has 0 aromatic carbocycles. The Morgan fingerprint density at radius 1 is 1.31 bits per heavy atom. The average molecular weight is 226 g/mol. The molecule has 0 aromatic heterocycles. The van der Waals surface area contributed by atoms with E-state index in [0.717, 1.165) is 39.0 Å². The number of nitrogens with zero attached hydrogens (tertiary/aromatic N) is 2. The Morgan fingerprint density at radius 3 is 2.81 bits per heavy atom. The SMILES string of the molecule is CC1CN(C(=O)C2CCCN(C)C2)CCO1. The van der Waals surface area contributed by atoms with Crippen LogP contribution in [-0.2, 0) is 9.53 Å². The van der Waals surface area contributed by atoms with Gasteiger partial charge in [0.15, 0.2) is 0 Å². The van der Waals surface area contributed by atoms with Gasteiger partial charge in [0, 0.05) is 19.6 Å². The van der Waals surface area contributed by atoms with E-state index in [1.807, 2.05) is 11.8 Å². The van der Waals surface area contributed by atoms with Crippen molar-refractivity contribution in [1.29, 1.82) is 0 Å². The average Bonchev–Trinajstić information content (AvgIpc) is 2.28. The van der Waals surface area contributed by atoms with Gasteiger partial charge in [0.25, 0.3) is 0 Å². The molecule has 4 nitrogen and oxygen atoms in total. The van der Waals surface area contributed by atoms with E-state index in [1.54, 1.807) is 0 Å². The topological polar surface area (TPSA) is 32.8 Å². The van der Waals surface area contributed by atoms with Crippen molar-refractivity contribution in [2.24, 2.45) is 5.92 Å². The zero-order valence-electron chi connectivity index (χ0n) is 10.3. The van der Waals surface area contributed by atoms with Gasteiger partial charge in [0.1, 0.15) is 0 Å². The molecule has 4 heteroatoms. The van der Waals surface area contributed by atoms with Gasteiger partial charge in [-0.15, -0.1) is 0 Å². The number of hydrogen-bond donors (Lipinski definition) is 0. The van der Waals surface area contributed by atoms with E-state index in [4.69, 9.17) is 4.74 Å². The van der Waals surface area contributed by atoms with E-state index in [2.05, 4.69) is 11.9 Å². The Balaban J connectivity index is 1.90. The molecule has 2 rings (SSSR count). The van der Waals surface area contributed by atoms with Crippen LogP contribution in [0.5, 0.6) is 0 Å². The molecule has 2 heterocycles. The summed E-state index contributed by atoms with van der Waals surface area (Å²) in [4.78, 5) is 16.5. The van der Waals surface area contributed by atoms with Gasteiger partial charge >= 0.3 is 0 Å². The number of rotatable bonds is 1. The largest absolute Gasteiger partial charge is 0.375 e. The zero-order valence-corrected chi connectivity index (χ0v) is 10.3. The summed E-state index contributed by atoms with van der Waals surface area (Å²) in [5, 5.41) is 0. The minimum Gasteiger partial charge on any atom is -0.375 e. The first kappa shape index (κ1) is 11.9. The number of ether oxygens (including phenoxy) is 1. The second-order valence-corrected chi connectivity index (χ2v) is 5.07. The van der Waals surface area contributed by atoms with Gasteiger partial charge < -0.3 is 14.5 Å². The fourth-order valence-corrected chi connectivity index (χ4v) is 2.64. The molecule has 0 aliphatic carbocycles. The Hall–Kier alpha value is -0.610.